The maximum absolute atomic E-state index is 4.60. The summed E-state index contributed by atoms with van der Waals surface area (Å²) in [6, 6.07) is 0.401. The summed E-state index contributed by atoms with van der Waals surface area (Å²) in [5.74, 6) is 1.45. The van der Waals surface area contributed by atoms with Gasteiger partial charge < -0.3 is 10.6 Å². The van der Waals surface area contributed by atoms with Gasteiger partial charge in [-0.2, -0.15) is 0 Å². The third-order valence-electron chi connectivity index (χ3n) is 3.15. The Kier molecular flexibility index (Phi) is 6.28. The van der Waals surface area contributed by atoms with Crippen LogP contribution in [0, 0.1) is 19.8 Å². The van der Waals surface area contributed by atoms with Crippen LogP contribution < -0.4 is 10.6 Å². The van der Waals surface area contributed by atoms with E-state index < -0.39 is 0 Å². The fraction of sp³-hybridized carbons (Fsp3) is 0.714. The predicted octanol–water partition coefficient (Wildman–Crippen LogP) is 2.86. The molecule has 108 valence electrons. The SMILES string of the molecule is CCNC(=NCc1nc(C)c(C)s1)NC(C)C(C)C. The summed E-state index contributed by atoms with van der Waals surface area (Å²) in [7, 11) is 0. The molecular weight excluding hydrogens is 256 g/mol. The monoisotopic (exact) mass is 282 g/mol. The van der Waals surface area contributed by atoms with Crippen molar-refractivity contribution in [2.45, 2.75) is 54.1 Å². The highest BCUT2D eigenvalue weighted by atomic mass is 32.1. The summed E-state index contributed by atoms with van der Waals surface area (Å²) in [6.45, 7) is 14.3. The molecule has 0 aliphatic carbocycles. The first-order valence-corrected chi connectivity index (χ1v) is 7.73. The van der Waals surface area contributed by atoms with E-state index in [9.17, 15) is 0 Å². The number of hydrogen-bond donors (Lipinski definition) is 2. The van der Waals surface area contributed by atoms with Gasteiger partial charge in [0.05, 0.1) is 12.2 Å². The average Bonchev–Trinajstić information content (AvgIpc) is 2.66. The molecule has 1 aromatic rings. The molecule has 0 saturated carbocycles. The lowest BCUT2D eigenvalue weighted by molar-refractivity contribution is 0.481. The van der Waals surface area contributed by atoms with Crippen LogP contribution in [0.25, 0.3) is 0 Å². The molecule has 4 nitrogen and oxygen atoms in total. The quantitative estimate of drug-likeness (QED) is 0.645. The molecule has 1 heterocycles. The van der Waals surface area contributed by atoms with E-state index in [1.807, 2.05) is 6.92 Å². The van der Waals surface area contributed by atoms with Crippen molar-refractivity contribution in [3.8, 4) is 0 Å². The Balaban J connectivity index is 2.67. The van der Waals surface area contributed by atoms with Gasteiger partial charge in [-0.15, -0.1) is 11.3 Å². The van der Waals surface area contributed by atoms with Gasteiger partial charge >= 0.3 is 0 Å². The number of hydrogen-bond acceptors (Lipinski definition) is 3. The van der Waals surface area contributed by atoms with Gasteiger partial charge in [0.15, 0.2) is 5.96 Å². The second-order valence-corrected chi connectivity index (χ2v) is 6.41. The van der Waals surface area contributed by atoms with E-state index in [0.717, 1.165) is 23.2 Å². The van der Waals surface area contributed by atoms with Gasteiger partial charge in [-0.25, -0.2) is 9.98 Å². The van der Waals surface area contributed by atoms with Crippen molar-refractivity contribution in [2.24, 2.45) is 10.9 Å². The first-order chi connectivity index (χ1) is 8.93. The Hall–Kier alpha value is -1.10. The van der Waals surface area contributed by atoms with Crippen LogP contribution >= 0.6 is 11.3 Å². The van der Waals surface area contributed by atoms with E-state index in [1.54, 1.807) is 11.3 Å². The van der Waals surface area contributed by atoms with Gasteiger partial charge in [0.1, 0.15) is 5.01 Å². The second-order valence-electron chi connectivity index (χ2n) is 5.12. The molecule has 0 aromatic carbocycles. The Morgan fingerprint density at radius 3 is 2.47 bits per heavy atom. The number of nitrogens with zero attached hydrogens (tertiary/aromatic N) is 2. The van der Waals surface area contributed by atoms with Crippen molar-refractivity contribution in [1.29, 1.82) is 0 Å². The molecule has 0 spiro atoms. The molecular formula is C14H26N4S. The highest BCUT2D eigenvalue weighted by molar-refractivity contribution is 7.11. The lowest BCUT2D eigenvalue weighted by Crippen LogP contribution is -2.44. The minimum absolute atomic E-state index is 0.401. The van der Waals surface area contributed by atoms with E-state index >= 15 is 0 Å². The molecule has 0 fully saturated rings. The van der Waals surface area contributed by atoms with Gasteiger partial charge in [-0.05, 0) is 33.6 Å². The fourth-order valence-electron chi connectivity index (χ4n) is 1.46. The molecule has 1 rings (SSSR count). The van der Waals surface area contributed by atoms with Crippen LogP contribution in [0.3, 0.4) is 0 Å². The van der Waals surface area contributed by atoms with Crippen LogP contribution in [0.5, 0.6) is 0 Å². The molecule has 0 bridgehead atoms. The molecule has 5 heteroatoms. The number of guanidine groups is 1. The smallest absolute Gasteiger partial charge is 0.191 e. The molecule has 1 atom stereocenters. The van der Waals surface area contributed by atoms with Crippen molar-refractivity contribution in [2.75, 3.05) is 6.54 Å². The summed E-state index contributed by atoms with van der Waals surface area (Å²) < 4.78 is 0. The minimum Gasteiger partial charge on any atom is -0.357 e. The molecule has 19 heavy (non-hydrogen) atoms. The number of aliphatic imine (C=N–C) groups is 1. The molecule has 0 radical (unpaired) electrons. The van der Waals surface area contributed by atoms with E-state index in [2.05, 4.69) is 55.2 Å². The zero-order chi connectivity index (χ0) is 14.4. The molecule has 0 aliphatic heterocycles. The average molecular weight is 282 g/mol. The van der Waals surface area contributed by atoms with E-state index in [-0.39, 0.29) is 0 Å². The van der Waals surface area contributed by atoms with Crippen molar-refractivity contribution in [1.82, 2.24) is 15.6 Å². The van der Waals surface area contributed by atoms with Crippen LogP contribution in [0.2, 0.25) is 0 Å². The first-order valence-electron chi connectivity index (χ1n) is 6.91. The van der Waals surface area contributed by atoms with E-state index in [4.69, 9.17) is 0 Å². The standard InChI is InChI=1S/C14H26N4S/c1-7-15-14(18-10(4)9(2)3)16-8-13-17-11(5)12(6)19-13/h9-10H,7-8H2,1-6H3,(H2,15,16,18). The number of thiazole rings is 1. The van der Waals surface area contributed by atoms with Gasteiger partial charge in [0, 0.05) is 17.5 Å². The van der Waals surface area contributed by atoms with E-state index in [1.165, 1.54) is 4.88 Å². The maximum atomic E-state index is 4.60. The van der Waals surface area contributed by atoms with Crippen molar-refractivity contribution in [3.63, 3.8) is 0 Å². The van der Waals surface area contributed by atoms with Gasteiger partial charge in [0.2, 0.25) is 0 Å². The summed E-state index contributed by atoms with van der Waals surface area (Å²) in [6.07, 6.45) is 0. The minimum atomic E-state index is 0.401. The molecule has 1 aromatic heterocycles. The molecule has 0 aliphatic rings. The van der Waals surface area contributed by atoms with Crippen LogP contribution in [0.1, 0.15) is 43.3 Å². The van der Waals surface area contributed by atoms with Crippen LogP contribution in [0.15, 0.2) is 4.99 Å². The number of aryl methyl sites for hydroxylation is 2. The largest absolute Gasteiger partial charge is 0.357 e. The fourth-order valence-corrected chi connectivity index (χ4v) is 2.31. The predicted molar refractivity (Wildman–Crippen MR) is 83.8 cm³/mol. The van der Waals surface area contributed by atoms with Crippen LogP contribution in [-0.4, -0.2) is 23.5 Å². The Morgan fingerprint density at radius 1 is 1.32 bits per heavy atom. The van der Waals surface area contributed by atoms with Crippen molar-refractivity contribution < 1.29 is 0 Å². The van der Waals surface area contributed by atoms with E-state index in [0.29, 0.717) is 18.5 Å². The van der Waals surface area contributed by atoms with Gasteiger partial charge in [0.25, 0.3) is 0 Å². The normalized spacial score (nSPS) is 13.7. The lowest BCUT2D eigenvalue weighted by atomic mass is 10.1. The molecule has 0 amide bonds. The number of nitrogens with one attached hydrogen (secondary N) is 2. The molecule has 0 saturated heterocycles. The number of rotatable bonds is 5. The highest BCUT2D eigenvalue weighted by Gasteiger charge is 2.09. The lowest BCUT2D eigenvalue weighted by Gasteiger charge is -2.20. The van der Waals surface area contributed by atoms with Gasteiger partial charge in [-0.3, -0.25) is 0 Å². The first kappa shape index (κ1) is 16.0. The second kappa shape index (κ2) is 7.48. The zero-order valence-electron chi connectivity index (χ0n) is 12.9. The molecule has 1 unspecified atom stereocenters. The summed E-state index contributed by atoms with van der Waals surface area (Å²) in [5, 5.41) is 7.77. The Morgan fingerprint density at radius 2 is 2.00 bits per heavy atom. The highest BCUT2D eigenvalue weighted by Crippen LogP contribution is 2.16. The van der Waals surface area contributed by atoms with Crippen molar-refractivity contribution in [3.05, 3.63) is 15.6 Å². The zero-order valence-corrected chi connectivity index (χ0v) is 13.7. The Labute approximate surface area is 120 Å². The third-order valence-corrected chi connectivity index (χ3v) is 4.21. The summed E-state index contributed by atoms with van der Waals surface area (Å²) >= 11 is 1.73. The molecule has 2 N–H and O–H groups in total. The number of aromatic nitrogens is 1. The summed E-state index contributed by atoms with van der Waals surface area (Å²) in [5.41, 5.74) is 1.11. The van der Waals surface area contributed by atoms with Crippen LogP contribution in [-0.2, 0) is 6.54 Å². The maximum Gasteiger partial charge on any atom is 0.191 e. The van der Waals surface area contributed by atoms with Crippen molar-refractivity contribution >= 4 is 17.3 Å². The van der Waals surface area contributed by atoms with Gasteiger partial charge in [-0.1, -0.05) is 13.8 Å². The third kappa shape index (κ3) is 5.19. The Bertz CT molecular complexity index is 404. The van der Waals surface area contributed by atoms with Crippen LogP contribution in [0.4, 0.5) is 0 Å². The topological polar surface area (TPSA) is 49.3 Å². The summed E-state index contributed by atoms with van der Waals surface area (Å²) in [4.78, 5) is 10.4.